The number of epoxide rings is 1. The number of hydrogen-bond donors (Lipinski definition) is 0. The maximum absolute atomic E-state index is 12.2. The second kappa shape index (κ2) is 4.34. The highest BCUT2D eigenvalue weighted by Crippen LogP contribution is 2.63. The number of hydrogen-bond acceptors (Lipinski definition) is 3. The lowest BCUT2D eigenvalue weighted by atomic mass is 9.82. The second-order valence-electron chi connectivity index (χ2n) is 5.67. The molecule has 0 spiro atoms. The van der Waals surface area contributed by atoms with Gasteiger partial charge in [0.05, 0.1) is 7.11 Å². The third kappa shape index (κ3) is 1.71. The van der Waals surface area contributed by atoms with Crippen LogP contribution in [-0.2, 0) is 19.9 Å². The molecule has 2 atom stereocenters. The molecule has 0 amide bonds. The number of carbonyl (C=O) groups excluding carboxylic acids is 1. The Hall–Kier alpha value is -1.35. The van der Waals surface area contributed by atoms with Gasteiger partial charge >= 0.3 is 5.97 Å². The van der Waals surface area contributed by atoms with E-state index in [0.29, 0.717) is 0 Å². The van der Waals surface area contributed by atoms with Crippen molar-refractivity contribution in [2.24, 2.45) is 0 Å². The smallest absolute Gasteiger partial charge is 0.341 e. The highest BCUT2D eigenvalue weighted by Gasteiger charge is 2.75. The highest BCUT2D eigenvalue weighted by molar-refractivity contribution is 5.85. The maximum atomic E-state index is 12.2. The van der Waals surface area contributed by atoms with Gasteiger partial charge in [-0.25, -0.2) is 4.79 Å². The van der Waals surface area contributed by atoms with Crippen molar-refractivity contribution in [3.8, 4) is 0 Å². The molecule has 2 aliphatic rings. The van der Waals surface area contributed by atoms with Crippen LogP contribution in [0.4, 0.5) is 0 Å². The van der Waals surface area contributed by atoms with Gasteiger partial charge in [-0.15, -0.1) is 0 Å². The minimum absolute atomic E-state index is 0.213. The van der Waals surface area contributed by atoms with Crippen LogP contribution in [0.15, 0.2) is 24.3 Å². The van der Waals surface area contributed by atoms with Crippen molar-refractivity contribution in [2.75, 3.05) is 7.11 Å². The van der Waals surface area contributed by atoms with Gasteiger partial charge in [0.25, 0.3) is 0 Å². The van der Waals surface area contributed by atoms with Crippen molar-refractivity contribution in [3.63, 3.8) is 0 Å². The SMILES string of the molecule is COC(=O)C12CCCCCC1(c1ccc(C)cc1)O2. The van der Waals surface area contributed by atoms with E-state index in [2.05, 4.69) is 31.2 Å². The molecule has 1 aromatic rings. The van der Waals surface area contributed by atoms with Crippen LogP contribution in [0, 0.1) is 6.92 Å². The van der Waals surface area contributed by atoms with Crippen LogP contribution >= 0.6 is 0 Å². The molecule has 0 radical (unpaired) electrons. The van der Waals surface area contributed by atoms with Gasteiger partial charge in [-0.2, -0.15) is 0 Å². The van der Waals surface area contributed by atoms with Crippen LogP contribution in [0.1, 0.15) is 43.2 Å². The zero-order valence-corrected chi connectivity index (χ0v) is 11.6. The molecule has 1 saturated heterocycles. The van der Waals surface area contributed by atoms with Crippen molar-refractivity contribution < 1.29 is 14.3 Å². The molecule has 2 fully saturated rings. The third-order valence-electron chi connectivity index (χ3n) is 4.55. The molecule has 1 aliphatic carbocycles. The number of benzene rings is 1. The summed E-state index contributed by atoms with van der Waals surface area (Å²) in [6.45, 7) is 2.07. The average molecular weight is 260 g/mol. The Bertz CT molecular complexity index is 493. The molecule has 2 unspecified atom stereocenters. The molecular formula is C16H20O3. The molecule has 3 rings (SSSR count). The van der Waals surface area contributed by atoms with Crippen molar-refractivity contribution in [1.29, 1.82) is 0 Å². The molecule has 1 aliphatic heterocycles. The molecule has 3 nitrogen and oxygen atoms in total. The predicted octanol–water partition coefficient (Wildman–Crippen LogP) is 3.10. The molecule has 1 saturated carbocycles. The molecule has 102 valence electrons. The summed E-state index contributed by atoms with van der Waals surface area (Å²) in [4.78, 5) is 12.2. The lowest BCUT2D eigenvalue weighted by molar-refractivity contribution is -0.147. The molecule has 1 heterocycles. The monoisotopic (exact) mass is 260 g/mol. The molecule has 0 bridgehead atoms. The lowest BCUT2D eigenvalue weighted by Gasteiger charge is -2.16. The van der Waals surface area contributed by atoms with E-state index >= 15 is 0 Å². The fraction of sp³-hybridized carbons (Fsp3) is 0.562. The van der Waals surface area contributed by atoms with E-state index in [0.717, 1.165) is 37.7 Å². The zero-order valence-electron chi connectivity index (χ0n) is 11.6. The van der Waals surface area contributed by atoms with Gasteiger partial charge in [0.1, 0.15) is 5.60 Å². The largest absolute Gasteiger partial charge is 0.467 e. The van der Waals surface area contributed by atoms with Crippen LogP contribution in [0.25, 0.3) is 0 Å². The number of carbonyl (C=O) groups is 1. The summed E-state index contributed by atoms with van der Waals surface area (Å²) in [6.07, 6.45) is 4.98. The summed E-state index contributed by atoms with van der Waals surface area (Å²) >= 11 is 0. The Morgan fingerprint density at radius 2 is 1.84 bits per heavy atom. The van der Waals surface area contributed by atoms with E-state index in [1.54, 1.807) is 0 Å². The Labute approximate surface area is 113 Å². The molecule has 3 heteroatoms. The lowest BCUT2D eigenvalue weighted by Crippen LogP contribution is -2.33. The number of esters is 1. The zero-order chi connectivity index (χ0) is 13.5. The summed E-state index contributed by atoms with van der Waals surface area (Å²) in [5.41, 5.74) is 1.17. The fourth-order valence-electron chi connectivity index (χ4n) is 3.44. The topological polar surface area (TPSA) is 38.8 Å². The van der Waals surface area contributed by atoms with Crippen molar-refractivity contribution in [2.45, 2.75) is 50.2 Å². The summed E-state index contributed by atoms with van der Waals surface area (Å²) < 4.78 is 11.0. The van der Waals surface area contributed by atoms with Gasteiger partial charge in [-0.3, -0.25) is 0 Å². The van der Waals surface area contributed by atoms with E-state index in [9.17, 15) is 4.79 Å². The van der Waals surface area contributed by atoms with E-state index in [4.69, 9.17) is 9.47 Å². The van der Waals surface area contributed by atoms with E-state index in [1.165, 1.54) is 12.7 Å². The van der Waals surface area contributed by atoms with Crippen LogP contribution < -0.4 is 0 Å². The van der Waals surface area contributed by atoms with Gasteiger partial charge in [-0.1, -0.05) is 42.7 Å². The number of aryl methyl sites for hydroxylation is 1. The standard InChI is InChI=1S/C16H20O3/c1-12-6-8-13(9-7-12)15-10-4-3-5-11-16(15,19-15)14(17)18-2/h6-9H,3-5,10-11H2,1-2H3. The fourth-order valence-corrected chi connectivity index (χ4v) is 3.44. The number of ether oxygens (including phenoxy) is 2. The summed E-state index contributed by atoms with van der Waals surface area (Å²) in [6, 6.07) is 8.34. The normalized spacial score (nSPS) is 33.2. The number of rotatable bonds is 2. The van der Waals surface area contributed by atoms with E-state index in [-0.39, 0.29) is 5.97 Å². The third-order valence-corrected chi connectivity index (χ3v) is 4.55. The quantitative estimate of drug-likeness (QED) is 0.606. The summed E-state index contributed by atoms with van der Waals surface area (Å²) in [5.74, 6) is -0.213. The van der Waals surface area contributed by atoms with Crippen LogP contribution in [0.5, 0.6) is 0 Å². The highest BCUT2D eigenvalue weighted by atomic mass is 16.7. The summed E-state index contributed by atoms with van der Waals surface area (Å²) in [7, 11) is 1.45. The van der Waals surface area contributed by atoms with E-state index in [1.807, 2.05) is 0 Å². The predicted molar refractivity (Wildman–Crippen MR) is 71.8 cm³/mol. The summed E-state index contributed by atoms with van der Waals surface area (Å²) in [5, 5.41) is 0. The molecular weight excluding hydrogens is 240 g/mol. The number of methoxy groups -OCH3 is 1. The minimum atomic E-state index is -0.729. The number of fused-ring (bicyclic) bond motifs is 1. The molecule has 0 N–H and O–H groups in total. The van der Waals surface area contributed by atoms with Gasteiger partial charge in [0, 0.05) is 0 Å². The Balaban J connectivity index is 2.01. The van der Waals surface area contributed by atoms with Crippen LogP contribution in [0.3, 0.4) is 0 Å². The van der Waals surface area contributed by atoms with Crippen LogP contribution in [-0.4, -0.2) is 18.7 Å². The first-order valence-electron chi connectivity index (χ1n) is 7.00. The molecule has 0 aromatic heterocycles. The first-order valence-corrected chi connectivity index (χ1v) is 7.00. The Kier molecular flexibility index (Phi) is 2.90. The van der Waals surface area contributed by atoms with Gasteiger partial charge in [0.2, 0.25) is 0 Å². The van der Waals surface area contributed by atoms with Crippen molar-refractivity contribution in [1.82, 2.24) is 0 Å². The van der Waals surface area contributed by atoms with E-state index < -0.39 is 11.2 Å². The Morgan fingerprint density at radius 3 is 2.53 bits per heavy atom. The minimum Gasteiger partial charge on any atom is -0.467 e. The van der Waals surface area contributed by atoms with Crippen molar-refractivity contribution >= 4 is 5.97 Å². The van der Waals surface area contributed by atoms with Gasteiger partial charge in [0.15, 0.2) is 5.60 Å². The van der Waals surface area contributed by atoms with Crippen LogP contribution in [0.2, 0.25) is 0 Å². The van der Waals surface area contributed by atoms with Gasteiger partial charge < -0.3 is 9.47 Å². The first kappa shape index (κ1) is 12.7. The van der Waals surface area contributed by atoms with Gasteiger partial charge in [-0.05, 0) is 31.7 Å². The molecule has 1 aromatic carbocycles. The molecule has 19 heavy (non-hydrogen) atoms. The average Bonchev–Trinajstić information content (AvgIpc) is 3.10. The second-order valence-corrected chi connectivity index (χ2v) is 5.67. The Morgan fingerprint density at radius 1 is 1.16 bits per heavy atom. The van der Waals surface area contributed by atoms with Crippen molar-refractivity contribution in [3.05, 3.63) is 35.4 Å². The first-order chi connectivity index (χ1) is 9.14. The maximum Gasteiger partial charge on any atom is 0.341 e.